The smallest absolute Gasteiger partial charge is 0.254 e. The van der Waals surface area contributed by atoms with Crippen molar-refractivity contribution in [3.63, 3.8) is 0 Å². The zero-order chi connectivity index (χ0) is 24.8. The Morgan fingerprint density at radius 1 is 1.06 bits per heavy atom. The molecule has 0 saturated carbocycles. The van der Waals surface area contributed by atoms with Gasteiger partial charge in [0.2, 0.25) is 5.91 Å². The molecule has 9 heteroatoms. The number of amides is 2. The van der Waals surface area contributed by atoms with Gasteiger partial charge < -0.3 is 10.1 Å². The first-order chi connectivity index (χ1) is 16.9. The van der Waals surface area contributed by atoms with Crippen LogP contribution in [-0.4, -0.2) is 30.5 Å². The normalized spacial score (nSPS) is 10.8. The highest BCUT2D eigenvalue weighted by molar-refractivity contribution is 7.22. The van der Waals surface area contributed by atoms with Crippen molar-refractivity contribution in [2.45, 2.75) is 19.4 Å². The topological polar surface area (TPSA) is 71.5 Å². The van der Waals surface area contributed by atoms with E-state index in [2.05, 4.69) is 10.3 Å². The molecule has 2 amide bonds. The molecule has 0 unspecified atom stereocenters. The highest BCUT2D eigenvalue weighted by Crippen LogP contribution is 2.32. The van der Waals surface area contributed by atoms with E-state index in [0.29, 0.717) is 29.9 Å². The Hall–Kier alpha value is -3.85. The summed E-state index contributed by atoms with van der Waals surface area (Å²) in [6, 6.07) is 17.9. The predicted octanol–water partition coefficient (Wildman–Crippen LogP) is 5.33. The Morgan fingerprint density at radius 3 is 2.60 bits per heavy atom. The molecule has 0 atom stereocenters. The number of carbonyl (C=O) groups is 2. The Balaban J connectivity index is 1.44. The number of ether oxygens (including phenoxy) is 1. The molecule has 4 aromatic rings. The maximum atomic E-state index is 13.8. The van der Waals surface area contributed by atoms with Gasteiger partial charge in [-0.1, -0.05) is 41.7 Å². The molecule has 0 radical (unpaired) electrons. The number of hydrogen-bond donors (Lipinski definition) is 1. The zero-order valence-electron chi connectivity index (χ0n) is 19.0. The van der Waals surface area contributed by atoms with Crippen LogP contribution in [0, 0.1) is 11.6 Å². The number of anilines is 1. The lowest BCUT2D eigenvalue weighted by Gasteiger charge is -2.20. The number of halogens is 2. The largest absolute Gasteiger partial charge is 0.497 e. The van der Waals surface area contributed by atoms with Crippen molar-refractivity contribution in [3.8, 4) is 5.75 Å². The van der Waals surface area contributed by atoms with E-state index in [1.54, 1.807) is 12.0 Å². The van der Waals surface area contributed by atoms with Crippen molar-refractivity contribution >= 4 is 38.5 Å². The van der Waals surface area contributed by atoms with Crippen LogP contribution in [0.2, 0.25) is 0 Å². The van der Waals surface area contributed by atoms with Crippen LogP contribution >= 0.6 is 11.3 Å². The van der Waals surface area contributed by atoms with Crippen molar-refractivity contribution in [1.29, 1.82) is 0 Å². The summed E-state index contributed by atoms with van der Waals surface area (Å²) in [5.41, 5.74) is 1.48. The molecule has 0 aliphatic rings. The number of rotatable bonds is 9. The molecule has 0 aliphatic carbocycles. The summed E-state index contributed by atoms with van der Waals surface area (Å²) in [4.78, 5) is 31.7. The quantitative estimate of drug-likeness (QED) is 0.319. The second-order valence-corrected chi connectivity index (χ2v) is 8.79. The Morgan fingerprint density at radius 2 is 1.86 bits per heavy atom. The van der Waals surface area contributed by atoms with Crippen LogP contribution in [0.15, 0.2) is 66.7 Å². The molecule has 35 heavy (non-hydrogen) atoms. The summed E-state index contributed by atoms with van der Waals surface area (Å²) in [5.74, 6) is -1.78. The lowest BCUT2D eigenvalue weighted by atomic mass is 10.2. The van der Waals surface area contributed by atoms with Gasteiger partial charge in [-0.15, -0.1) is 0 Å². The number of fused-ring (bicyclic) bond motifs is 1. The van der Waals surface area contributed by atoms with E-state index in [1.807, 2.05) is 48.5 Å². The molecule has 1 heterocycles. The third-order valence-electron chi connectivity index (χ3n) is 5.33. The maximum Gasteiger partial charge on any atom is 0.254 e. The van der Waals surface area contributed by atoms with Gasteiger partial charge in [0.25, 0.3) is 5.91 Å². The summed E-state index contributed by atoms with van der Waals surface area (Å²) in [6.07, 6.45) is 0.496. The van der Waals surface area contributed by atoms with Crippen LogP contribution in [0.4, 0.5) is 13.9 Å². The fraction of sp³-hybridized carbons (Fsp3) is 0.192. The molecule has 0 bridgehead atoms. The third-order valence-corrected chi connectivity index (χ3v) is 6.37. The third kappa shape index (κ3) is 5.99. The molecule has 0 aliphatic heterocycles. The lowest BCUT2D eigenvalue weighted by molar-refractivity contribution is -0.118. The average Bonchev–Trinajstić information content (AvgIpc) is 3.28. The molecule has 1 aromatic heterocycles. The minimum Gasteiger partial charge on any atom is -0.497 e. The fourth-order valence-corrected chi connectivity index (χ4v) is 4.52. The molecule has 4 rings (SSSR count). The fourth-order valence-electron chi connectivity index (χ4n) is 3.51. The Bertz CT molecular complexity index is 1340. The second kappa shape index (κ2) is 11.1. The predicted molar refractivity (Wildman–Crippen MR) is 132 cm³/mol. The number of nitrogens with zero attached hydrogens (tertiary/aromatic N) is 2. The lowest BCUT2D eigenvalue weighted by Crippen LogP contribution is -2.31. The van der Waals surface area contributed by atoms with E-state index in [1.165, 1.54) is 11.3 Å². The van der Waals surface area contributed by atoms with Crippen LogP contribution in [0.25, 0.3) is 10.2 Å². The Kier molecular flexibility index (Phi) is 7.67. The number of methoxy groups -OCH3 is 1. The van der Waals surface area contributed by atoms with Gasteiger partial charge in [-0.2, -0.15) is 0 Å². The van der Waals surface area contributed by atoms with E-state index in [-0.39, 0.29) is 24.4 Å². The number of thiazole rings is 1. The number of nitrogens with one attached hydrogen (secondary N) is 1. The number of benzene rings is 3. The van der Waals surface area contributed by atoms with Crippen molar-refractivity contribution in [1.82, 2.24) is 10.3 Å². The van der Waals surface area contributed by atoms with Gasteiger partial charge in [0, 0.05) is 19.0 Å². The van der Waals surface area contributed by atoms with Gasteiger partial charge in [0.15, 0.2) is 5.13 Å². The number of hydrogen-bond acceptors (Lipinski definition) is 5. The number of carbonyl (C=O) groups excluding carboxylic acids is 2. The monoisotopic (exact) mass is 495 g/mol. The minimum atomic E-state index is -0.930. The van der Waals surface area contributed by atoms with E-state index >= 15 is 0 Å². The van der Waals surface area contributed by atoms with E-state index in [0.717, 1.165) is 27.9 Å². The van der Waals surface area contributed by atoms with Gasteiger partial charge in [-0.3, -0.25) is 14.5 Å². The molecular weight excluding hydrogens is 472 g/mol. The maximum absolute atomic E-state index is 13.8. The van der Waals surface area contributed by atoms with E-state index in [4.69, 9.17) is 4.74 Å². The Labute approximate surface area is 205 Å². The van der Waals surface area contributed by atoms with Gasteiger partial charge in [-0.25, -0.2) is 13.8 Å². The number of aromatic nitrogens is 1. The molecule has 0 fully saturated rings. The van der Waals surface area contributed by atoms with Crippen LogP contribution in [0.1, 0.15) is 28.8 Å². The molecule has 180 valence electrons. The molecule has 0 saturated heterocycles. The highest BCUT2D eigenvalue weighted by atomic mass is 32.1. The van der Waals surface area contributed by atoms with Crippen molar-refractivity contribution in [2.75, 3.05) is 18.6 Å². The van der Waals surface area contributed by atoms with Crippen molar-refractivity contribution < 1.29 is 23.1 Å². The summed E-state index contributed by atoms with van der Waals surface area (Å²) in [7, 11) is 1.59. The van der Waals surface area contributed by atoms with Crippen molar-refractivity contribution in [2.24, 2.45) is 0 Å². The van der Waals surface area contributed by atoms with Gasteiger partial charge in [0.05, 0.1) is 29.4 Å². The average molecular weight is 496 g/mol. The second-order valence-electron chi connectivity index (χ2n) is 7.78. The molecule has 0 spiro atoms. The van der Waals surface area contributed by atoms with Crippen molar-refractivity contribution in [3.05, 3.63) is 89.5 Å². The summed E-state index contributed by atoms with van der Waals surface area (Å²) >= 11 is 1.40. The summed E-state index contributed by atoms with van der Waals surface area (Å²) in [5, 5.41) is 3.15. The molecule has 3 aromatic carbocycles. The first-order valence-corrected chi connectivity index (χ1v) is 11.8. The van der Waals surface area contributed by atoms with E-state index in [9.17, 15) is 18.4 Å². The standard InChI is InChI=1S/C26H23F2N3O3S/c1-34-19-10-12-22-23(15-19)35-26(30-22)31(16-17-6-3-2-4-7-17)24(32)8-5-13-29-25(33)20-11-9-18(27)14-21(20)28/h2-4,6-7,9-12,14-15H,5,8,13,16H2,1H3,(H,29,33). The van der Waals surface area contributed by atoms with Gasteiger partial charge in [-0.05, 0) is 42.3 Å². The first-order valence-electron chi connectivity index (χ1n) is 11.0. The van der Waals surface area contributed by atoms with Crippen LogP contribution in [0.3, 0.4) is 0 Å². The zero-order valence-corrected chi connectivity index (χ0v) is 19.8. The molecule has 6 nitrogen and oxygen atoms in total. The highest BCUT2D eigenvalue weighted by Gasteiger charge is 2.20. The van der Waals surface area contributed by atoms with Crippen LogP contribution < -0.4 is 15.0 Å². The SMILES string of the molecule is COc1ccc2nc(N(Cc3ccccc3)C(=O)CCCNC(=O)c3ccc(F)cc3F)sc2c1. The minimum absolute atomic E-state index is 0.151. The summed E-state index contributed by atoms with van der Waals surface area (Å²) < 4.78 is 33.0. The summed E-state index contributed by atoms with van der Waals surface area (Å²) in [6.45, 7) is 0.515. The van der Waals surface area contributed by atoms with Gasteiger partial charge in [0.1, 0.15) is 17.4 Å². The van der Waals surface area contributed by atoms with Crippen LogP contribution in [-0.2, 0) is 11.3 Å². The van der Waals surface area contributed by atoms with Crippen LogP contribution in [0.5, 0.6) is 5.75 Å². The molecule has 1 N–H and O–H groups in total. The van der Waals surface area contributed by atoms with E-state index < -0.39 is 17.5 Å². The molecular formula is C26H23F2N3O3S. The van der Waals surface area contributed by atoms with Gasteiger partial charge >= 0.3 is 0 Å². The first kappa shape index (κ1) is 24.3.